The lowest BCUT2D eigenvalue weighted by Crippen LogP contribution is -2.46. The molecule has 1 aliphatic heterocycles. The molecule has 1 atom stereocenters. The van der Waals surface area contributed by atoms with E-state index in [2.05, 4.69) is 5.10 Å². The second kappa shape index (κ2) is 6.21. The van der Waals surface area contributed by atoms with Crippen molar-refractivity contribution >= 4 is 10.2 Å². The highest BCUT2D eigenvalue weighted by molar-refractivity contribution is 7.86. The standard InChI is InChI=1S/C12H22N4O3S/c1-4-19-8-6-12-10-15(20(17,18)14(2)3)9-11-5-7-13-16(11)12/h5,7,12H,4,6,8-10H2,1-3H3/t12-/m1/s1. The van der Waals surface area contributed by atoms with Gasteiger partial charge in [0, 0.05) is 40.1 Å². The zero-order valence-electron chi connectivity index (χ0n) is 12.2. The molecule has 1 aromatic heterocycles. The van der Waals surface area contributed by atoms with Crippen molar-refractivity contribution in [3.05, 3.63) is 18.0 Å². The van der Waals surface area contributed by atoms with Crippen molar-refractivity contribution in [1.82, 2.24) is 18.4 Å². The van der Waals surface area contributed by atoms with Gasteiger partial charge in [-0.05, 0) is 19.4 Å². The van der Waals surface area contributed by atoms with Crippen LogP contribution in [-0.4, -0.2) is 60.7 Å². The molecular weight excluding hydrogens is 280 g/mol. The van der Waals surface area contributed by atoms with E-state index in [0.29, 0.717) is 26.3 Å². The minimum atomic E-state index is -3.40. The first-order chi connectivity index (χ1) is 9.46. The molecular formula is C12H22N4O3S. The molecule has 1 aromatic rings. The predicted molar refractivity (Wildman–Crippen MR) is 75.4 cm³/mol. The zero-order valence-corrected chi connectivity index (χ0v) is 13.0. The lowest BCUT2D eigenvalue weighted by molar-refractivity contribution is 0.120. The summed E-state index contributed by atoms with van der Waals surface area (Å²) in [6.07, 6.45) is 2.47. The Morgan fingerprint density at radius 3 is 2.90 bits per heavy atom. The molecule has 0 amide bonds. The van der Waals surface area contributed by atoms with Crippen molar-refractivity contribution in [2.24, 2.45) is 0 Å². The summed E-state index contributed by atoms with van der Waals surface area (Å²) in [6, 6.07) is 1.89. The van der Waals surface area contributed by atoms with Gasteiger partial charge in [-0.25, -0.2) is 0 Å². The summed E-state index contributed by atoms with van der Waals surface area (Å²) >= 11 is 0. The minimum absolute atomic E-state index is 0.0232. The molecule has 2 rings (SSSR count). The molecule has 20 heavy (non-hydrogen) atoms. The highest BCUT2D eigenvalue weighted by Gasteiger charge is 2.33. The summed E-state index contributed by atoms with van der Waals surface area (Å²) in [5, 5.41) is 4.30. The van der Waals surface area contributed by atoms with E-state index >= 15 is 0 Å². The third-order valence-electron chi connectivity index (χ3n) is 3.44. The van der Waals surface area contributed by atoms with Gasteiger partial charge in [-0.3, -0.25) is 4.68 Å². The van der Waals surface area contributed by atoms with Gasteiger partial charge in [-0.15, -0.1) is 0 Å². The van der Waals surface area contributed by atoms with Crippen molar-refractivity contribution in [3.63, 3.8) is 0 Å². The van der Waals surface area contributed by atoms with E-state index in [4.69, 9.17) is 4.74 Å². The van der Waals surface area contributed by atoms with Gasteiger partial charge in [0.2, 0.25) is 0 Å². The molecule has 0 saturated heterocycles. The smallest absolute Gasteiger partial charge is 0.281 e. The number of aromatic nitrogens is 2. The van der Waals surface area contributed by atoms with Gasteiger partial charge >= 0.3 is 0 Å². The van der Waals surface area contributed by atoms with Crippen LogP contribution in [-0.2, 0) is 21.5 Å². The fraction of sp³-hybridized carbons (Fsp3) is 0.750. The van der Waals surface area contributed by atoms with Crippen LogP contribution in [0, 0.1) is 0 Å². The SMILES string of the molecule is CCOCC[C@@H]1CN(S(=O)(=O)N(C)C)Cc2ccnn21. The van der Waals surface area contributed by atoms with Gasteiger partial charge in [0.05, 0.1) is 18.3 Å². The van der Waals surface area contributed by atoms with Crippen molar-refractivity contribution in [1.29, 1.82) is 0 Å². The molecule has 7 nitrogen and oxygen atoms in total. The molecule has 2 heterocycles. The first-order valence-electron chi connectivity index (χ1n) is 6.74. The van der Waals surface area contributed by atoms with Gasteiger partial charge in [-0.1, -0.05) is 0 Å². The molecule has 0 spiro atoms. The number of fused-ring (bicyclic) bond motifs is 1. The number of rotatable bonds is 6. The normalized spacial score (nSPS) is 20.3. The quantitative estimate of drug-likeness (QED) is 0.717. The second-order valence-corrected chi connectivity index (χ2v) is 7.13. The van der Waals surface area contributed by atoms with Crippen molar-refractivity contribution in [2.75, 3.05) is 33.9 Å². The average Bonchev–Trinajstić information content (AvgIpc) is 2.87. The highest BCUT2D eigenvalue weighted by atomic mass is 32.2. The molecule has 0 bridgehead atoms. The fourth-order valence-corrected chi connectivity index (χ4v) is 3.46. The summed E-state index contributed by atoms with van der Waals surface area (Å²) in [5.74, 6) is 0. The predicted octanol–water partition coefficient (Wildman–Crippen LogP) is 0.473. The van der Waals surface area contributed by atoms with Gasteiger partial charge in [0.15, 0.2) is 0 Å². The molecule has 0 N–H and O–H groups in total. The first kappa shape index (κ1) is 15.4. The van der Waals surface area contributed by atoms with E-state index in [1.165, 1.54) is 8.61 Å². The van der Waals surface area contributed by atoms with Crippen molar-refractivity contribution < 1.29 is 13.2 Å². The van der Waals surface area contributed by atoms with Crippen LogP contribution < -0.4 is 0 Å². The molecule has 0 aliphatic carbocycles. The monoisotopic (exact) mass is 302 g/mol. The van der Waals surface area contributed by atoms with Crippen LogP contribution in [0.15, 0.2) is 12.3 Å². The largest absolute Gasteiger partial charge is 0.382 e. The van der Waals surface area contributed by atoms with Crippen LogP contribution in [0.2, 0.25) is 0 Å². The molecule has 0 radical (unpaired) electrons. The van der Waals surface area contributed by atoms with Crippen molar-refractivity contribution in [2.45, 2.75) is 25.9 Å². The zero-order chi connectivity index (χ0) is 14.8. The molecule has 0 saturated carbocycles. The maximum Gasteiger partial charge on any atom is 0.281 e. The van der Waals surface area contributed by atoms with Crippen LogP contribution in [0.4, 0.5) is 0 Å². The van der Waals surface area contributed by atoms with Crippen LogP contribution in [0.25, 0.3) is 0 Å². The Labute approximate surface area is 120 Å². The third kappa shape index (κ3) is 3.03. The number of hydrogen-bond donors (Lipinski definition) is 0. The van der Waals surface area contributed by atoms with Gasteiger partial charge < -0.3 is 4.74 Å². The summed E-state index contributed by atoms with van der Waals surface area (Å²) in [4.78, 5) is 0. The number of ether oxygens (including phenoxy) is 1. The summed E-state index contributed by atoms with van der Waals surface area (Å²) in [5.41, 5.74) is 0.920. The van der Waals surface area contributed by atoms with E-state index < -0.39 is 10.2 Å². The molecule has 0 aromatic carbocycles. The summed E-state index contributed by atoms with van der Waals surface area (Å²) < 4.78 is 34.6. The Morgan fingerprint density at radius 1 is 1.50 bits per heavy atom. The third-order valence-corrected chi connectivity index (χ3v) is 5.29. The molecule has 8 heteroatoms. The van der Waals surface area contributed by atoms with Crippen LogP contribution in [0.5, 0.6) is 0 Å². The fourth-order valence-electron chi connectivity index (χ4n) is 2.34. The van der Waals surface area contributed by atoms with Crippen LogP contribution >= 0.6 is 0 Å². The lowest BCUT2D eigenvalue weighted by Gasteiger charge is -2.34. The Balaban J connectivity index is 2.18. The molecule has 0 fully saturated rings. The van der Waals surface area contributed by atoms with Crippen LogP contribution in [0.3, 0.4) is 0 Å². The maximum atomic E-state index is 12.3. The van der Waals surface area contributed by atoms with Crippen LogP contribution in [0.1, 0.15) is 25.1 Å². The Hall–Kier alpha value is -0.960. The minimum Gasteiger partial charge on any atom is -0.382 e. The molecule has 114 valence electrons. The van der Waals surface area contributed by atoms with E-state index in [9.17, 15) is 8.42 Å². The highest BCUT2D eigenvalue weighted by Crippen LogP contribution is 2.25. The second-order valence-electron chi connectivity index (χ2n) is 4.99. The maximum absolute atomic E-state index is 12.3. The van der Waals surface area contributed by atoms with Crippen molar-refractivity contribution in [3.8, 4) is 0 Å². The van der Waals surface area contributed by atoms with Gasteiger partial charge in [0.25, 0.3) is 10.2 Å². The Kier molecular flexibility index (Phi) is 4.79. The topological polar surface area (TPSA) is 67.7 Å². The molecule has 0 unspecified atom stereocenters. The lowest BCUT2D eigenvalue weighted by atomic mass is 10.1. The first-order valence-corrected chi connectivity index (χ1v) is 8.14. The average molecular weight is 302 g/mol. The van der Waals surface area contributed by atoms with E-state index in [1.807, 2.05) is 17.7 Å². The summed E-state index contributed by atoms with van der Waals surface area (Å²) in [7, 11) is -0.295. The molecule has 1 aliphatic rings. The number of nitrogens with zero attached hydrogens (tertiary/aromatic N) is 4. The van der Waals surface area contributed by atoms with Gasteiger partial charge in [0.1, 0.15) is 0 Å². The van der Waals surface area contributed by atoms with Gasteiger partial charge in [-0.2, -0.15) is 22.1 Å². The summed E-state index contributed by atoms with van der Waals surface area (Å²) in [6.45, 7) is 4.02. The Bertz CT molecular complexity index is 541. The number of hydrogen-bond acceptors (Lipinski definition) is 4. The van der Waals surface area contributed by atoms with E-state index in [1.54, 1.807) is 20.3 Å². The Morgan fingerprint density at radius 2 is 2.25 bits per heavy atom. The van der Waals surface area contributed by atoms with E-state index in [-0.39, 0.29) is 6.04 Å². The van der Waals surface area contributed by atoms with E-state index in [0.717, 1.165) is 12.1 Å².